The maximum Gasteiger partial charge on any atom is 0.137 e. The van der Waals surface area contributed by atoms with Gasteiger partial charge in [0.05, 0.1) is 18.2 Å². The highest BCUT2D eigenvalue weighted by atomic mass is 16.5. The van der Waals surface area contributed by atoms with Gasteiger partial charge in [-0.2, -0.15) is 5.26 Å². The zero-order chi connectivity index (χ0) is 22.4. The van der Waals surface area contributed by atoms with Gasteiger partial charge in [-0.05, 0) is 86.6 Å². The van der Waals surface area contributed by atoms with E-state index in [9.17, 15) is 10.1 Å². The molecule has 0 aromatic heterocycles. The Balaban J connectivity index is 1.84. The first-order chi connectivity index (χ1) is 14.9. The molecule has 1 unspecified atom stereocenters. The minimum Gasteiger partial charge on any atom is -0.490 e. The van der Waals surface area contributed by atoms with Crippen molar-refractivity contribution < 1.29 is 9.53 Å². The summed E-state index contributed by atoms with van der Waals surface area (Å²) in [6.45, 7) is 8.27. The third-order valence-corrected chi connectivity index (χ3v) is 5.48. The molecule has 0 bridgehead atoms. The molecule has 1 N–H and O–H groups in total. The lowest BCUT2D eigenvalue weighted by Crippen LogP contribution is -2.21. The Bertz CT molecular complexity index is 1060. The second-order valence-corrected chi connectivity index (χ2v) is 8.06. The number of hydrogen-bond donors (Lipinski definition) is 1. The van der Waals surface area contributed by atoms with Crippen molar-refractivity contribution in [3.63, 3.8) is 0 Å². The van der Waals surface area contributed by atoms with Gasteiger partial charge in [-0.15, -0.1) is 0 Å². The standard InChI is InChI=1S/C26H29N3O2/c1-17(2)31-26-11-8-20(14-21(26)15-27)19(4)29-16-18(3)22-6-5-7-24-23(22)9-10-25(24)28-12-13-30/h5-8,11,13-14,16-17,25,28H,9-10,12H2,1-4H3/b18-16+,29-19+. The molecule has 1 atom stereocenters. The van der Waals surface area contributed by atoms with Gasteiger partial charge in [0, 0.05) is 18.0 Å². The molecule has 5 heteroatoms. The van der Waals surface area contributed by atoms with E-state index in [1.54, 1.807) is 0 Å². The van der Waals surface area contributed by atoms with Crippen LogP contribution in [0.25, 0.3) is 5.57 Å². The molecule has 160 valence electrons. The highest BCUT2D eigenvalue weighted by Crippen LogP contribution is 2.35. The van der Waals surface area contributed by atoms with E-state index < -0.39 is 0 Å². The van der Waals surface area contributed by atoms with Crippen molar-refractivity contribution in [2.75, 3.05) is 6.54 Å². The molecular formula is C26H29N3O2. The van der Waals surface area contributed by atoms with Gasteiger partial charge >= 0.3 is 0 Å². The van der Waals surface area contributed by atoms with E-state index in [0.29, 0.717) is 17.9 Å². The summed E-state index contributed by atoms with van der Waals surface area (Å²) in [6.07, 6.45) is 4.79. The number of aliphatic imine (C=N–C) groups is 1. The minimum atomic E-state index is 0.0131. The molecular weight excluding hydrogens is 386 g/mol. The lowest BCUT2D eigenvalue weighted by Gasteiger charge is -2.13. The van der Waals surface area contributed by atoms with Crippen molar-refractivity contribution >= 4 is 17.6 Å². The van der Waals surface area contributed by atoms with Crippen LogP contribution in [0, 0.1) is 11.3 Å². The molecule has 5 nitrogen and oxygen atoms in total. The highest BCUT2D eigenvalue weighted by molar-refractivity contribution is 5.99. The number of nitrogens with zero attached hydrogens (tertiary/aromatic N) is 2. The first kappa shape index (κ1) is 22.5. The van der Waals surface area contributed by atoms with Gasteiger partial charge in [0.25, 0.3) is 0 Å². The van der Waals surface area contributed by atoms with Crippen molar-refractivity contribution in [2.45, 2.75) is 52.7 Å². The van der Waals surface area contributed by atoms with Crippen LogP contribution < -0.4 is 10.1 Å². The van der Waals surface area contributed by atoms with E-state index in [4.69, 9.17) is 4.74 Å². The van der Waals surface area contributed by atoms with Crippen molar-refractivity contribution in [3.05, 3.63) is 70.4 Å². The van der Waals surface area contributed by atoms with Gasteiger partial charge in [0.1, 0.15) is 18.1 Å². The molecule has 0 heterocycles. The number of hydrogen-bond acceptors (Lipinski definition) is 5. The number of carbonyl (C=O) groups excluding carboxylic acids is 1. The van der Waals surface area contributed by atoms with Crippen LogP contribution in [0.2, 0.25) is 0 Å². The van der Waals surface area contributed by atoms with Crippen molar-refractivity contribution in [3.8, 4) is 11.8 Å². The number of rotatable bonds is 8. The summed E-state index contributed by atoms with van der Waals surface area (Å²) in [6, 6.07) is 14.4. The molecule has 1 aliphatic rings. The molecule has 0 saturated heterocycles. The van der Waals surface area contributed by atoms with Crippen LogP contribution >= 0.6 is 0 Å². The Kier molecular flexibility index (Phi) is 7.38. The summed E-state index contributed by atoms with van der Waals surface area (Å²) >= 11 is 0. The van der Waals surface area contributed by atoms with Crippen LogP contribution in [0.1, 0.15) is 68.0 Å². The third-order valence-electron chi connectivity index (χ3n) is 5.48. The predicted molar refractivity (Wildman–Crippen MR) is 124 cm³/mol. The summed E-state index contributed by atoms with van der Waals surface area (Å²) in [5, 5.41) is 12.8. The molecule has 3 rings (SSSR count). The van der Waals surface area contributed by atoms with E-state index in [-0.39, 0.29) is 12.1 Å². The van der Waals surface area contributed by atoms with Gasteiger partial charge in [0.2, 0.25) is 0 Å². The van der Waals surface area contributed by atoms with Crippen LogP contribution in [0.3, 0.4) is 0 Å². The number of nitriles is 1. The minimum absolute atomic E-state index is 0.0131. The van der Waals surface area contributed by atoms with Gasteiger partial charge in [-0.3, -0.25) is 4.99 Å². The quantitative estimate of drug-likeness (QED) is 0.487. The molecule has 0 aliphatic heterocycles. The van der Waals surface area contributed by atoms with Gasteiger partial charge in [-0.25, -0.2) is 0 Å². The average molecular weight is 416 g/mol. The zero-order valence-electron chi connectivity index (χ0n) is 18.6. The topological polar surface area (TPSA) is 74.5 Å². The molecule has 0 saturated carbocycles. The Morgan fingerprint density at radius 2 is 2.13 bits per heavy atom. The largest absolute Gasteiger partial charge is 0.490 e. The third kappa shape index (κ3) is 5.28. The van der Waals surface area contributed by atoms with Crippen LogP contribution in [-0.4, -0.2) is 24.6 Å². The van der Waals surface area contributed by atoms with E-state index in [1.807, 2.05) is 45.2 Å². The Morgan fingerprint density at radius 3 is 2.84 bits per heavy atom. The number of carbonyl (C=O) groups is 1. The fourth-order valence-electron chi connectivity index (χ4n) is 3.96. The zero-order valence-corrected chi connectivity index (χ0v) is 18.6. The lowest BCUT2D eigenvalue weighted by molar-refractivity contribution is -0.107. The van der Waals surface area contributed by atoms with Crippen molar-refractivity contribution in [1.82, 2.24) is 5.32 Å². The number of allylic oxidation sites excluding steroid dienone is 1. The summed E-state index contributed by atoms with van der Waals surface area (Å²) in [5.74, 6) is 0.596. The van der Waals surface area contributed by atoms with Crippen molar-refractivity contribution in [2.24, 2.45) is 4.99 Å². The number of benzene rings is 2. The Hall–Kier alpha value is -3.23. The maximum atomic E-state index is 10.7. The van der Waals surface area contributed by atoms with Crippen LogP contribution in [-0.2, 0) is 11.2 Å². The molecule has 0 amide bonds. The van der Waals surface area contributed by atoms with E-state index in [2.05, 4.69) is 41.5 Å². The van der Waals surface area contributed by atoms with E-state index in [0.717, 1.165) is 36.0 Å². The molecule has 0 radical (unpaired) electrons. The van der Waals surface area contributed by atoms with Crippen LogP contribution in [0.5, 0.6) is 5.75 Å². The second kappa shape index (κ2) is 10.2. The number of fused-ring (bicyclic) bond motifs is 1. The highest BCUT2D eigenvalue weighted by Gasteiger charge is 2.24. The first-order valence-corrected chi connectivity index (χ1v) is 10.7. The summed E-state index contributed by atoms with van der Waals surface area (Å²) in [4.78, 5) is 15.4. The summed E-state index contributed by atoms with van der Waals surface area (Å²) in [5.41, 5.74) is 7.13. The molecule has 2 aromatic carbocycles. The molecule has 0 spiro atoms. The summed E-state index contributed by atoms with van der Waals surface area (Å²) < 4.78 is 5.70. The average Bonchev–Trinajstić information content (AvgIpc) is 3.18. The SMILES string of the molecule is C/C(=C\N=C(/C)c1ccc(OC(C)C)c(C#N)c1)c1cccc2c1CCC2NCC=O. The van der Waals surface area contributed by atoms with Crippen LogP contribution in [0.4, 0.5) is 0 Å². The number of nitrogens with one attached hydrogen (secondary N) is 1. The second-order valence-electron chi connectivity index (χ2n) is 8.06. The lowest BCUT2D eigenvalue weighted by atomic mass is 9.97. The fraction of sp³-hybridized carbons (Fsp3) is 0.346. The monoisotopic (exact) mass is 415 g/mol. The molecule has 2 aromatic rings. The smallest absolute Gasteiger partial charge is 0.137 e. The van der Waals surface area contributed by atoms with Gasteiger partial charge in [-0.1, -0.05) is 18.2 Å². The first-order valence-electron chi connectivity index (χ1n) is 10.7. The predicted octanol–water partition coefficient (Wildman–Crippen LogP) is 4.99. The Morgan fingerprint density at radius 1 is 1.32 bits per heavy atom. The summed E-state index contributed by atoms with van der Waals surface area (Å²) in [7, 11) is 0. The number of aldehydes is 1. The number of ether oxygens (including phenoxy) is 1. The molecule has 1 aliphatic carbocycles. The normalized spacial score (nSPS) is 16.2. The van der Waals surface area contributed by atoms with E-state index in [1.165, 1.54) is 16.7 Å². The molecule has 0 fully saturated rings. The van der Waals surface area contributed by atoms with Gasteiger partial charge < -0.3 is 14.8 Å². The van der Waals surface area contributed by atoms with E-state index >= 15 is 0 Å². The molecule has 31 heavy (non-hydrogen) atoms. The maximum absolute atomic E-state index is 10.7. The van der Waals surface area contributed by atoms with Crippen LogP contribution in [0.15, 0.2) is 47.6 Å². The fourth-order valence-corrected chi connectivity index (χ4v) is 3.96. The Labute approximate surface area is 184 Å². The van der Waals surface area contributed by atoms with Crippen molar-refractivity contribution in [1.29, 1.82) is 5.26 Å². The van der Waals surface area contributed by atoms with Gasteiger partial charge in [0.15, 0.2) is 0 Å².